The molecule has 4 nitrogen and oxygen atoms in total. The van der Waals surface area contributed by atoms with Crippen LogP contribution in [0.1, 0.15) is 65.2 Å². The molecule has 0 fully saturated rings. The van der Waals surface area contributed by atoms with Gasteiger partial charge < -0.3 is 9.47 Å². The SMILES string of the molecule is COc1c(C)cc(C)c(OC)c1C(=O)c1ccccc1C(=O)c1c(C)cc(C)c(C)c1C. The number of methoxy groups -OCH3 is 2. The van der Waals surface area contributed by atoms with Crippen molar-refractivity contribution in [2.45, 2.75) is 41.5 Å². The lowest BCUT2D eigenvalue weighted by Gasteiger charge is -2.19. The zero-order valence-electron chi connectivity index (χ0n) is 20.1. The summed E-state index contributed by atoms with van der Waals surface area (Å²) in [5.74, 6) is 0.458. The van der Waals surface area contributed by atoms with Crippen LogP contribution in [0.4, 0.5) is 0 Å². The van der Waals surface area contributed by atoms with Crippen LogP contribution in [0.25, 0.3) is 0 Å². The van der Waals surface area contributed by atoms with Crippen molar-refractivity contribution >= 4 is 11.6 Å². The van der Waals surface area contributed by atoms with Gasteiger partial charge in [0.15, 0.2) is 5.78 Å². The first-order valence-corrected chi connectivity index (χ1v) is 10.6. The Morgan fingerprint density at radius 1 is 0.594 bits per heavy atom. The monoisotopic (exact) mass is 430 g/mol. The van der Waals surface area contributed by atoms with Gasteiger partial charge in [-0.2, -0.15) is 0 Å². The number of rotatable bonds is 6. The van der Waals surface area contributed by atoms with E-state index >= 15 is 0 Å². The maximum absolute atomic E-state index is 13.8. The van der Waals surface area contributed by atoms with Crippen LogP contribution in [-0.2, 0) is 0 Å². The van der Waals surface area contributed by atoms with Crippen LogP contribution in [0, 0.1) is 41.5 Å². The van der Waals surface area contributed by atoms with Gasteiger partial charge in [0.1, 0.15) is 17.1 Å². The number of ketones is 2. The van der Waals surface area contributed by atoms with E-state index in [2.05, 4.69) is 0 Å². The van der Waals surface area contributed by atoms with Gasteiger partial charge in [-0.1, -0.05) is 30.3 Å². The molecule has 0 atom stereocenters. The highest BCUT2D eigenvalue weighted by atomic mass is 16.5. The van der Waals surface area contributed by atoms with E-state index in [9.17, 15) is 9.59 Å². The Bertz CT molecular complexity index is 1210. The Labute approximate surface area is 190 Å². The summed E-state index contributed by atoms with van der Waals surface area (Å²) in [5, 5.41) is 0. The highest BCUT2D eigenvalue weighted by Gasteiger charge is 2.28. The van der Waals surface area contributed by atoms with E-state index in [1.165, 1.54) is 14.2 Å². The summed E-state index contributed by atoms with van der Waals surface area (Å²) in [5.41, 5.74) is 7.42. The molecule has 4 heteroatoms. The van der Waals surface area contributed by atoms with Crippen molar-refractivity contribution in [2.24, 2.45) is 0 Å². The molecular weight excluding hydrogens is 400 g/mol. The van der Waals surface area contributed by atoms with Crippen molar-refractivity contribution in [1.29, 1.82) is 0 Å². The lowest BCUT2D eigenvalue weighted by atomic mass is 9.86. The fourth-order valence-electron chi connectivity index (χ4n) is 4.47. The molecule has 0 bridgehead atoms. The van der Waals surface area contributed by atoms with E-state index in [1.807, 2.05) is 53.7 Å². The lowest BCUT2D eigenvalue weighted by molar-refractivity contribution is 0.0999. The number of hydrogen-bond donors (Lipinski definition) is 0. The average molecular weight is 431 g/mol. The molecule has 0 aliphatic heterocycles. The summed E-state index contributed by atoms with van der Waals surface area (Å²) in [6.07, 6.45) is 0. The molecule has 0 saturated carbocycles. The molecule has 0 unspecified atom stereocenters. The minimum Gasteiger partial charge on any atom is -0.496 e. The minimum absolute atomic E-state index is 0.158. The zero-order chi connectivity index (χ0) is 23.7. The molecule has 3 aromatic carbocycles. The maximum Gasteiger partial charge on any atom is 0.201 e. The Kier molecular flexibility index (Phi) is 6.54. The van der Waals surface area contributed by atoms with Gasteiger partial charge in [-0.15, -0.1) is 0 Å². The fourth-order valence-corrected chi connectivity index (χ4v) is 4.47. The van der Waals surface area contributed by atoms with E-state index in [4.69, 9.17) is 9.47 Å². The highest BCUT2D eigenvalue weighted by Crippen LogP contribution is 2.37. The molecule has 0 aliphatic carbocycles. The summed E-state index contributed by atoms with van der Waals surface area (Å²) in [7, 11) is 3.07. The molecule has 0 aromatic heterocycles. The first kappa shape index (κ1) is 23.3. The highest BCUT2D eigenvalue weighted by molar-refractivity contribution is 6.22. The van der Waals surface area contributed by atoms with Crippen molar-refractivity contribution in [3.05, 3.63) is 92.0 Å². The summed E-state index contributed by atoms with van der Waals surface area (Å²) in [6.45, 7) is 11.7. The third-order valence-corrected chi connectivity index (χ3v) is 6.24. The molecular formula is C28H30O4. The van der Waals surface area contributed by atoms with Gasteiger partial charge >= 0.3 is 0 Å². The summed E-state index contributed by atoms with van der Waals surface area (Å²) in [4.78, 5) is 27.6. The van der Waals surface area contributed by atoms with Crippen molar-refractivity contribution in [1.82, 2.24) is 0 Å². The van der Waals surface area contributed by atoms with Gasteiger partial charge in [-0.3, -0.25) is 9.59 Å². The van der Waals surface area contributed by atoms with Crippen molar-refractivity contribution in [3.8, 4) is 11.5 Å². The van der Waals surface area contributed by atoms with Crippen LogP contribution in [0.15, 0.2) is 36.4 Å². The van der Waals surface area contributed by atoms with Crippen LogP contribution in [-0.4, -0.2) is 25.8 Å². The molecule has 0 N–H and O–H groups in total. The van der Waals surface area contributed by atoms with E-state index in [1.54, 1.807) is 24.3 Å². The molecule has 32 heavy (non-hydrogen) atoms. The molecule has 0 radical (unpaired) electrons. The smallest absolute Gasteiger partial charge is 0.201 e. The molecule has 166 valence electrons. The number of aryl methyl sites for hydroxylation is 4. The Morgan fingerprint density at radius 3 is 1.50 bits per heavy atom. The number of ether oxygens (including phenoxy) is 2. The van der Waals surface area contributed by atoms with Gasteiger partial charge in [0.25, 0.3) is 0 Å². The summed E-state index contributed by atoms with van der Waals surface area (Å²) >= 11 is 0. The van der Waals surface area contributed by atoms with Crippen LogP contribution < -0.4 is 9.47 Å². The van der Waals surface area contributed by atoms with Gasteiger partial charge in [0.05, 0.1) is 14.2 Å². The fraction of sp³-hybridized carbons (Fsp3) is 0.286. The second-order valence-corrected chi connectivity index (χ2v) is 8.29. The number of carbonyl (C=O) groups excluding carboxylic acids is 2. The van der Waals surface area contributed by atoms with Gasteiger partial charge in [-0.25, -0.2) is 0 Å². The van der Waals surface area contributed by atoms with Crippen LogP contribution in [0.5, 0.6) is 11.5 Å². The predicted octanol–water partition coefficient (Wildman–Crippen LogP) is 6.02. The van der Waals surface area contributed by atoms with Crippen molar-refractivity contribution in [3.63, 3.8) is 0 Å². The Morgan fingerprint density at radius 2 is 1.03 bits per heavy atom. The number of hydrogen-bond acceptors (Lipinski definition) is 4. The molecule has 3 aromatic rings. The van der Waals surface area contributed by atoms with Crippen LogP contribution >= 0.6 is 0 Å². The van der Waals surface area contributed by atoms with Crippen molar-refractivity contribution in [2.75, 3.05) is 14.2 Å². The topological polar surface area (TPSA) is 52.6 Å². The first-order chi connectivity index (χ1) is 15.1. The maximum atomic E-state index is 13.8. The summed E-state index contributed by atoms with van der Waals surface area (Å²) < 4.78 is 11.2. The van der Waals surface area contributed by atoms with E-state index in [0.29, 0.717) is 33.8 Å². The molecule has 0 spiro atoms. The second-order valence-electron chi connectivity index (χ2n) is 8.29. The third-order valence-electron chi connectivity index (χ3n) is 6.24. The standard InChI is InChI=1S/C28H30O4/c1-15-13-16(2)23(20(6)19(15)5)25(29)21-11-9-10-12-22(21)26(30)24-27(31-7)17(3)14-18(4)28(24)32-8/h9-14H,1-8H3. The van der Waals surface area contributed by atoms with Gasteiger partial charge in [-0.05, 0) is 81.0 Å². The lowest BCUT2D eigenvalue weighted by Crippen LogP contribution is -2.16. The average Bonchev–Trinajstić information content (AvgIpc) is 2.76. The van der Waals surface area contributed by atoms with Crippen molar-refractivity contribution < 1.29 is 19.1 Å². The quantitative estimate of drug-likeness (QED) is 0.449. The molecule has 0 heterocycles. The minimum atomic E-state index is -0.298. The zero-order valence-corrected chi connectivity index (χ0v) is 20.1. The van der Waals surface area contributed by atoms with Gasteiger partial charge in [0, 0.05) is 16.7 Å². The Balaban J connectivity index is 2.25. The van der Waals surface area contributed by atoms with Crippen LogP contribution in [0.3, 0.4) is 0 Å². The van der Waals surface area contributed by atoms with E-state index in [-0.39, 0.29) is 11.6 Å². The Hall–Kier alpha value is -3.40. The third kappa shape index (κ3) is 3.81. The summed E-state index contributed by atoms with van der Waals surface area (Å²) in [6, 6.07) is 10.9. The predicted molar refractivity (Wildman–Crippen MR) is 128 cm³/mol. The second kappa shape index (κ2) is 8.99. The molecule has 0 saturated heterocycles. The van der Waals surface area contributed by atoms with E-state index in [0.717, 1.165) is 33.4 Å². The molecule has 3 rings (SSSR count). The van der Waals surface area contributed by atoms with Crippen LogP contribution in [0.2, 0.25) is 0 Å². The normalized spacial score (nSPS) is 10.8. The molecule has 0 aliphatic rings. The first-order valence-electron chi connectivity index (χ1n) is 10.6. The molecule has 0 amide bonds. The number of benzene rings is 3. The van der Waals surface area contributed by atoms with E-state index < -0.39 is 0 Å². The largest absolute Gasteiger partial charge is 0.496 e. The number of carbonyl (C=O) groups is 2. The van der Waals surface area contributed by atoms with Gasteiger partial charge in [0.2, 0.25) is 5.78 Å².